The van der Waals surface area contributed by atoms with Gasteiger partial charge >= 0.3 is 5.69 Å². The van der Waals surface area contributed by atoms with Gasteiger partial charge in [0.05, 0.1) is 34.6 Å². The first-order valence-corrected chi connectivity index (χ1v) is 8.52. The minimum atomic E-state index is -0.150. The molecule has 25 heavy (non-hydrogen) atoms. The number of aromatic nitrogens is 3. The number of hydrogen-bond donors (Lipinski definition) is 1. The summed E-state index contributed by atoms with van der Waals surface area (Å²) in [6.07, 6.45) is 6.63. The first-order valence-electron chi connectivity index (χ1n) is 8.52. The molecule has 0 amide bonds. The Bertz CT molecular complexity index is 1020. The van der Waals surface area contributed by atoms with Gasteiger partial charge < -0.3 is 5.32 Å². The summed E-state index contributed by atoms with van der Waals surface area (Å²) in [7, 11) is 1.71. The van der Waals surface area contributed by atoms with Crippen LogP contribution in [0.3, 0.4) is 0 Å². The van der Waals surface area contributed by atoms with E-state index >= 15 is 0 Å². The molecule has 1 aliphatic rings. The standard InChI is InChI=1S/C19H19N5O/c1-23-17-10-13(11-20)6-8-16(17)24(19(23)25)15-7-9-18(21-12-15)22-14-4-2-3-5-14/h6-10,12,14H,2-5H2,1H3,(H,21,22). The molecule has 0 atom stereocenters. The minimum Gasteiger partial charge on any atom is -0.367 e. The molecule has 1 aromatic carbocycles. The predicted molar refractivity (Wildman–Crippen MR) is 96.9 cm³/mol. The second-order valence-electron chi connectivity index (χ2n) is 6.52. The molecule has 6 nitrogen and oxygen atoms in total. The van der Waals surface area contributed by atoms with Crippen molar-refractivity contribution < 1.29 is 0 Å². The van der Waals surface area contributed by atoms with Gasteiger partial charge in [-0.1, -0.05) is 12.8 Å². The molecule has 0 bridgehead atoms. The van der Waals surface area contributed by atoms with Gasteiger partial charge in [0.15, 0.2) is 0 Å². The summed E-state index contributed by atoms with van der Waals surface area (Å²) in [5.41, 5.74) is 2.61. The van der Waals surface area contributed by atoms with Crippen molar-refractivity contribution in [1.82, 2.24) is 14.1 Å². The smallest absolute Gasteiger partial charge is 0.333 e. The molecular weight excluding hydrogens is 314 g/mol. The van der Waals surface area contributed by atoms with Crippen LogP contribution >= 0.6 is 0 Å². The summed E-state index contributed by atoms with van der Waals surface area (Å²) in [6.45, 7) is 0. The van der Waals surface area contributed by atoms with E-state index in [9.17, 15) is 4.79 Å². The van der Waals surface area contributed by atoms with Crippen LogP contribution in [-0.2, 0) is 7.05 Å². The molecule has 1 aliphatic carbocycles. The maximum absolute atomic E-state index is 12.7. The van der Waals surface area contributed by atoms with Gasteiger partial charge in [0.1, 0.15) is 5.82 Å². The van der Waals surface area contributed by atoms with Crippen LogP contribution in [0.25, 0.3) is 16.7 Å². The number of pyridine rings is 1. The fourth-order valence-corrected chi connectivity index (χ4v) is 3.54. The van der Waals surface area contributed by atoms with Crippen molar-refractivity contribution in [3.05, 3.63) is 52.6 Å². The highest BCUT2D eigenvalue weighted by atomic mass is 16.1. The largest absolute Gasteiger partial charge is 0.367 e. The molecule has 2 aromatic heterocycles. The zero-order chi connectivity index (χ0) is 17.4. The zero-order valence-electron chi connectivity index (χ0n) is 14.1. The lowest BCUT2D eigenvalue weighted by atomic mass is 10.2. The maximum Gasteiger partial charge on any atom is 0.333 e. The summed E-state index contributed by atoms with van der Waals surface area (Å²) < 4.78 is 3.18. The highest BCUT2D eigenvalue weighted by molar-refractivity contribution is 5.79. The maximum atomic E-state index is 12.7. The molecule has 0 unspecified atom stereocenters. The number of imidazole rings is 1. The molecule has 6 heteroatoms. The van der Waals surface area contributed by atoms with E-state index in [2.05, 4.69) is 16.4 Å². The van der Waals surface area contributed by atoms with Crippen LogP contribution in [0.2, 0.25) is 0 Å². The number of nitriles is 1. The fraction of sp³-hybridized carbons (Fsp3) is 0.316. The van der Waals surface area contributed by atoms with Gasteiger partial charge in [-0.15, -0.1) is 0 Å². The Labute approximate surface area is 145 Å². The number of benzene rings is 1. The third-order valence-corrected chi connectivity index (χ3v) is 4.90. The number of fused-ring (bicyclic) bond motifs is 1. The van der Waals surface area contributed by atoms with Crippen molar-refractivity contribution in [2.24, 2.45) is 7.05 Å². The Balaban J connectivity index is 1.73. The van der Waals surface area contributed by atoms with Crippen molar-refractivity contribution in [2.75, 3.05) is 5.32 Å². The van der Waals surface area contributed by atoms with Crippen molar-refractivity contribution in [3.63, 3.8) is 0 Å². The van der Waals surface area contributed by atoms with E-state index in [1.807, 2.05) is 12.1 Å². The van der Waals surface area contributed by atoms with Gasteiger partial charge in [-0.25, -0.2) is 9.78 Å². The van der Waals surface area contributed by atoms with Crippen molar-refractivity contribution in [3.8, 4) is 11.8 Å². The highest BCUT2D eigenvalue weighted by Crippen LogP contribution is 2.22. The van der Waals surface area contributed by atoms with Crippen LogP contribution < -0.4 is 11.0 Å². The van der Waals surface area contributed by atoms with Gasteiger partial charge in [0.2, 0.25) is 0 Å². The normalized spacial score (nSPS) is 14.7. The molecule has 1 fully saturated rings. The third-order valence-electron chi connectivity index (χ3n) is 4.90. The lowest BCUT2D eigenvalue weighted by Gasteiger charge is -2.12. The number of hydrogen-bond acceptors (Lipinski definition) is 4. The SMILES string of the molecule is Cn1c(=O)n(-c2ccc(NC3CCCC3)nc2)c2ccc(C#N)cc21. The van der Waals surface area contributed by atoms with Crippen LogP contribution in [0.1, 0.15) is 31.2 Å². The molecule has 0 aliphatic heterocycles. The van der Waals surface area contributed by atoms with E-state index in [0.29, 0.717) is 11.6 Å². The zero-order valence-corrected chi connectivity index (χ0v) is 14.1. The molecule has 126 valence electrons. The molecular formula is C19H19N5O. The molecule has 1 saturated carbocycles. The first-order chi connectivity index (χ1) is 12.2. The summed E-state index contributed by atoms with van der Waals surface area (Å²) in [6, 6.07) is 11.7. The van der Waals surface area contributed by atoms with Crippen LogP contribution in [0.4, 0.5) is 5.82 Å². The number of anilines is 1. The molecule has 1 N–H and O–H groups in total. The van der Waals surface area contributed by atoms with Crippen molar-refractivity contribution >= 4 is 16.9 Å². The fourth-order valence-electron chi connectivity index (χ4n) is 3.54. The van der Waals surface area contributed by atoms with E-state index in [0.717, 1.165) is 22.5 Å². The Kier molecular flexibility index (Phi) is 3.77. The summed E-state index contributed by atoms with van der Waals surface area (Å²) in [5, 5.41) is 12.5. The molecule has 3 aromatic rings. The molecule has 0 spiro atoms. The lowest BCUT2D eigenvalue weighted by molar-refractivity contribution is 0.750. The summed E-state index contributed by atoms with van der Waals surface area (Å²) in [5.74, 6) is 0.843. The van der Waals surface area contributed by atoms with Gasteiger partial charge in [-0.2, -0.15) is 5.26 Å². The predicted octanol–water partition coefficient (Wildman–Crippen LogP) is 2.95. The Morgan fingerprint density at radius 3 is 2.68 bits per heavy atom. The van der Waals surface area contributed by atoms with Gasteiger partial charge in [0, 0.05) is 13.1 Å². The monoisotopic (exact) mass is 333 g/mol. The average molecular weight is 333 g/mol. The van der Waals surface area contributed by atoms with E-state index in [-0.39, 0.29) is 5.69 Å². The van der Waals surface area contributed by atoms with Crippen LogP contribution in [0.5, 0.6) is 0 Å². The third kappa shape index (κ3) is 2.68. The summed E-state index contributed by atoms with van der Waals surface area (Å²) in [4.78, 5) is 17.1. The van der Waals surface area contributed by atoms with Crippen LogP contribution in [-0.4, -0.2) is 20.2 Å². The first kappa shape index (κ1) is 15.5. The Hall–Kier alpha value is -3.07. The minimum absolute atomic E-state index is 0.150. The number of aryl methyl sites for hydroxylation is 1. The van der Waals surface area contributed by atoms with E-state index in [1.54, 1.807) is 40.6 Å². The quantitative estimate of drug-likeness (QED) is 0.799. The van der Waals surface area contributed by atoms with E-state index in [1.165, 1.54) is 25.7 Å². The van der Waals surface area contributed by atoms with Gasteiger partial charge in [-0.05, 0) is 43.2 Å². The van der Waals surface area contributed by atoms with Crippen LogP contribution in [0, 0.1) is 11.3 Å². The van der Waals surface area contributed by atoms with Crippen LogP contribution in [0.15, 0.2) is 41.3 Å². The second-order valence-corrected chi connectivity index (χ2v) is 6.52. The molecule has 0 saturated heterocycles. The molecule has 2 heterocycles. The highest BCUT2D eigenvalue weighted by Gasteiger charge is 2.16. The van der Waals surface area contributed by atoms with Crippen molar-refractivity contribution in [1.29, 1.82) is 5.26 Å². The molecule has 4 rings (SSSR count). The van der Waals surface area contributed by atoms with Crippen molar-refractivity contribution in [2.45, 2.75) is 31.7 Å². The number of nitrogens with zero attached hydrogens (tertiary/aromatic N) is 4. The second kappa shape index (κ2) is 6.10. The van der Waals surface area contributed by atoms with Gasteiger partial charge in [-0.3, -0.25) is 9.13 Å². The van der Waals surface area contributed by atoms with E-state index < -0.39 is 0 Å². The summed E-state index contributed by atoms with van der Waals surface area (Å²) >= 11 is 0. The Morgan fingerprint density at radius 1 is 1.20 bits per heavy atom. The lowest BCUT2D eigenvalue weighted by Crippen LogP contribution is -2.21. The molecule has 0 radical (unpaired) electrons. The van der Waals surface area contributed by atoms with Gasteiger partial charge in [0.25, 0.3) is 0 Å². The number of nitrogens with one attached hydrogen (secondary N) is 1. The Morgan fingerprint density at radius 2 is 2.00 bits per heavy atom. The topological polar surface area (TPSA) is 75.6 Å². The average Bonchev–Trinajstić information content (AvgIpc) is 3.23. The van der Waals surface area contributed by atoms with E-state index in [4.69, 9.17) is 5.26 Å². The number of rotatable bonds is 3.